The Morgan fingerprint density at radius 2 is 1.29 bits per heavy atom. The molecule has 0 radical (unpaired) electrons. The van der Waals surface area contributed by atoms with E-state index >= 15 is 0 Å². The van der Waals surface area contributed by atoms with E-state index in [2.05, 4.69) is 0 Å². The summed E-state index contributed by atoms with van der Waals surface area (Å²) in [5, 5.41) is 0. The van der Waals surface area contributed by atoms with Crippen LogP contribution in [0.3, 0.4) is 0 Å². The number of rotatable bonds is 9. The average Bonchev–Trinajstić information content (AvgIpc) is 3.23. The second kappa shape index (κ2) is 10.2. The van der Waals surface area contributed by atoms with Crippen LogP contribution in [0.2, 0.25) is 0 Å². The van der Waals surface area contributed by atoms with Crippen molar-refractivity contribution in [3.63, 3.8) is 0 Å². The van der Waals surface area contributed by atoms with Gasteiger partial charge in [0.15, 0.2) is 17.3 Å². The predicted molar refractivity (Wildman–Crippen MR) is 130 cm³/mol. The van der Waals surface area contributed by atoms with Crippen molar-refractivity contribution in [3.05, 3.63) is 82.8 Å². The lowest BCUT2D eigenvalue weighted by Gasteiger charge is -2.12. The van der Waals surface area contributed by atoms with Crippen LogP contribution < -0.4 is 24.7 Å². The Labute approximate surface area is 198 Å². The van der Waals surface area contributed by atoms with Crippen LogP contribution in [0.4, 0.5) is 0 Å². The van der Waals surface area contributed by atoms with Crippen molar-refractivity contribution in [3.8, 4) is 45.6 Å². The number of oxazole rings is 1. The first kappa shape index (κ1) is 23.0. The van der Waals surface area contributed by atoms with Crippen molar-refractivity contribution >= 4 is 0 Å². The maximum absolute atomic E-state index is 13.0. The van der Waals surface area contributed by atoms with E-state index < -0.39 is 5.76 Å². The lowest BCUT2D eigenvalue weighted by atomic mass is 10.0. The Morgan fingerprint density at radius 1 is 0.706 bits per heavy atom. The molecule has 1 heterocycles. The molecule has 0 saturated heterocycles. The van der Waals surface area contributed by atoms with E-state index in [1.54, 1.807) is 33.0 Å². The molecule has 0 amide bonds. The van der Waals surface area contributed by atoms with Crippen molar-refractivity contribution in [1.82, 2.24) is 4.57 Å². The van der Waals surface area contributed by atoms with Crippen molar-refractivity contribution in [1.29, 1.82) is 0 Å². The topological polar surface area (TPSA) is 72.1 Å². The van der Waals surface area contributed by atoms with Crippen LogP contribution in [0.25, 0.3) is 22.6 Å². The summed E-state index contributed by atoms with van der Waals surface area (Å²) in [4.78, 5) is 13.0. The summed E-state index contributed by atoms with van der Waals surface area (Å²) >= 11 is 0. The quantitative estimate of drug-likeness (QED) is 0.347. The number of ether oxygens (including phenoxy) is 4. The van der Waals surface area contributed by atoms with Gasteiger partial charge in [-0.05, 0) is 72.6 Å². The first-order valence-corrected chi connectivity index (χ1v) is 10.8. The van der Waals surface area contributed by atoms with E-state index in [1.165, 1.54) is 0 Å². The minimum absolute atomic E-state index is 0.419. The minimum Gasteiger partial charge on any atom is -0.497 e. The summed E-state index contributed by atoms with van der Waals surface area (Å²) in [7, 11) is 6.44. The molecule has 0 spiro atoms. The molecule has 3 aromatic carbocycles. The Balaban J connectivity index is 1.75. The lowest BCUT2D eigenvalue weighted by molar-refractivity contribution is 0.354. The molecular formula is C27H27NO6. The van der Waals surface area contributed by atoms with Crippen molar-refractivity contribution in [2.75, 3.05) is 28.4 Å². The number of methoxy groups -OCH3 is 4. The van der Waals surface area contributed by atoms with Gasteiger partial charge in [0.1, 0.15) is 11.5 Å². The second-order valence-corrected chi connectivity index (χ2v) is 7.59. The third kappa shape index (κ3) is 4.64. The fourth-order valence-corrected chi connectivity index (χ4v) is 3.86. The first-order chi connectivity index (χ1) is 16.6. The second-order valence-electron chi connectivity index (χ2n) is 7.59. The zero-order valence-electron chi connectivity index (χ0n) is 19.7. The molecule has 0 unspecified atom stereocenters. The molecule has 4 rings (SSSR count). The monoisotopic (exact) mass is 461 g/mol. The Hall–Kier alpha value is -4.13. The average molecular weight is 462 g/mol. The summed E-state index contributed by atoms with van der Waals surface area (Å²) in [5.41, 5.74) is 3.36. The summed E-state index contributed by atoms with van der Waals surface area (Å²) in [6.45, 7) is 0.426. The number of nitrogens with zero attached hydrogens (tertiary/aromatic N) is 1. The Kier molecular flexibility index (Phi) is 6.92. The van der Waals surface area contributed by atoms with Gasteiger partial charge in [-0.15, -0.1) is 0 Å². The molecule has 0 atom stereocenters. The molecule has 0 fully saturated rings. The van der Waals surface area contributed by atoms with Gasteiger partial charge >= 0.3 is 5.76 Å². The van der Waals surface area contributed by atoms with Crippen LogP contribution in [0.1, 0.15) is 5.56 Å². The van der Waals surface area contributed by atoms with Gasteiger partial charge in [0, 0.05) is 17.7 Å². The van der Waals surface area contributed by atoms with Crippen LogP contribution in [0.15, 0.2) is 75.9 Å². The standard InChI is InChI=1S/C27H27NO6/c1-30-21-10-6-19(7-11-21)25-26(20-8-12-22(31-2)13-9-20)34-27(29)28(25)16-15-18-5-14-23(32-3)24(17-18)33-4/h5-14,17H,15-16H2,1-4H3. The highest BCUT2D eigenvalue weighted by molar-refractivity contribution is 5.77. The van der Waals surface area contributed by atoms with Gasteiger partial charge in [-0.3, -0.25) is 4.57 Å². The Morgan fingerprint density at radius 3 is 1.85 bits per heavy atom. The zero-order chi connectivity index (χ0) is 24.1. The van der Waals surface area contributed by atoms with E-state index in [9.17, 15) is 4.79 Å². The fraction of sp³-hybridized carbons (Fsp3) is 0.222. The molecule has 0 saturated carbocycles. The van der Waals surface area contributed by atoms with Crippen molar-refractivity contribution in [2.24, 2.45) is 0 Å². The first-order valence-electron chi connectivity index (χ1n) is 10.8. The fourth-order valence-electron chi connectivity index (χ4n) is 3.86. The van der Waals surface area contributed by atoms with Crippen molar-refractivity contribution < 1.29 is 23.4 Å². The third-order valence-electron chi connectivity index (χ3n) is 5.68. The molecule has 0 aliphatic rings. The van der Waals surface area contributed by atoms with Crippen LogP contribution >= 0.6 is 0 Å². The molecule has 0 N–H and O–H groups in total. The van der Waals surface area contributed by atoms with Crippen LogP contribution in [0.5, 0.6) is 23.0 Å². The van der Waals surface area contributed by atoms with Gasteiger partial charge in [-0.25, -0.2) is 4.79 Å². The number of hydrogen-bond donors (Lipinski definition) is 0. The highest BCUT2D eigenvalue weighted by atomic mass is 16.5. The molecule has 0 bridgehead atoms. The predicted octanol–water partition coefficient (Wildman–Crippen LogP) is 5.05. The summed E-state index contributed by atoms with van der Waals surface area (Å²) in [6.07, 6.45) is 0.602. The minimum atomic E-state index is -0.419. The maximum Gasteiger partial charge on any atom is 0.420 e. The normalized spacial score (nSPS) is 10.7. The number of aromatic nitrogens is 1. The number of hydrogen-bond acceptors (Lipinski definition) is 6. The molecule has 0 aliphatic heterocycles. The van der Waals surface area contributed by atoms with Gasteiger partial charge in [-0.1, -0.05) is 6.07 Å². The third-order valence-corrected chi connectivity index (χ3v) is 5.68. The van der Waals surface area contributed by atoms with Crippen LogP contribution in [-0.2, 0) is 13.0 Å². The largest absolute Gasteiger partial charge is 0.497 e. The molecule has 0 aliphatic carbocycles. The van der Waals surface area contributed by atoms with Crippen LogP contribution in [0, 0.1) is 0 Å². The number of benzene rings is 3. The molecule has 7 heteroatoms. The van der Waals surface area contributed by atoms with E-state index in [-0.39, 0.29) is 0 Å². The van der Waals surface area contributed by atoms with Crippen LogP contribution in [-0.4, -0.2) is 33.0 Å². The lowest BCUT2D eigenvalue weighted by Crippen LogP contribution is -2.17. The molecule has 1 aromatic heterocycles. The SMILES string of the molecule is COc1ccc(-c2oc(=O)n(CCc3ccc(OC)c(OC)c3)c2-c2ccc(OC)cc2)cc1. The van der Waals surface area contributed by atoms with E-state index in [1.807, 2.05) is 66.7 Å². The molecule has 34 heavy (non-hydrogen) atoms. The highest BCUT2D eigenvalue weighted by Gasteiger charge is 2.20. The van der Waals surface area contributed by atoms with E-state index in [4.69, 9.17) is 23.4 Å². The molecular weight excluding hydrogens is 434 g/mol. The van der Waals surface area contributed by atoms with Gasteiger partial charge in [-0.2, -0.15) is 0 Å². The summed E-state index contributed by atoms with van der Waals surface area (Å²) in [6, 6.07) is 20.7. The zero-order valence-corrected chi connectivity index (χ0v) is 19.7. The molecule has 4 aromatic rings. The van der Waals surface area contributed by atoms with Gasteiger partial charge in [0.2, 0.25) is 0 Å². The summed E-state index contributed by atoms with van der Waals surface area (Å²) in [5.74, 6) is 2.85. The molecule has 7 nitrogen and oxygen atoms in total. The van der Waals surface area contributed by atoms with Gasteiger partial charge < -0.3 is 23.4 Å². The maximum atomic E-state index is 13.0. The smallest absolute Gasteiger partial charge is 0.420 e. The van der Waals surface area contributed by atoms with Gasteiger partial charge in [0.25, 0.3) is 0 Å². The van der Waals surface area contributed by atoms with Crippen molar-refractivity contribution in [2.45, 2.75) is 13.0 Å². The van der Waals surface area contributed by atoms with E-state index in [0.29, 0.717) is 35.9 Å². The molecule has 176 valence electrons. The highest BCUT2D eigenvalue weighted by Crippen LogP contribution is 2.34. The van der Waals surface area contributed by atoms with E-state index in [0.717, 1.165) is 28.2 Å². The number of aryl methyl sites for hydroxylation is 1. The van der Waals surface area contributed by atoms with Gasteiger partial charge in [0.05, 0.1) is 34.1 Å². The summed E-state index contributed by atoms with van der Waals surface area (Å²) < 4.78 is 28.7. The Bertz CT molecular complexity index is 1300.